The minimum Gasteiger partial charge on any atom is -0.358 e. The molecule has 0 unspecified atom stereocenters. The second kappa shape index (κ2) is 3.91. The number of hydrogen-bond acceptors (Lipinski definition) is 2. The van der Waals surface area contributed by atoms with E-state index in [0.717, 1.165) is 15.9 Å². The van der Waals surface area contributed by atoms with Gasteiger partial charge in [-0.3, -0.25) is 9.48 Å². The number of hydrogen-bond donors (Lipinski definition) is 1. The van der Waals surface area contributed by atoms with E-state index in [-0.39, 0.29) is 12.5 Å². The normalized spacial score (nSPS) is 10.2. The lowest BCUT2D eigenvalue weighted by molar-refractivity contribution is -0.121. The third-order valence-electron chi connectivity index (χ3n) is 1.87. The fourth-order valence-corrected chi connectivity index (χ4v) is 1.33. The molecule has 13 heavy (non-hydrogen) atoms. The molecule has 1 N–H and O–H groups in total. The predicted octanol–water partition coefficient (Wildman–Crippen LogP) is 1.01. The molecular formula is C8H12BrN3O. The summed E-state index contributed by atoms with van der Waals surface area (Å²) in [6.45, 7) is 4.10. The van der Waals surface area contributed by atoms with Crippen LogP contribution in [0, 0.1) is 13.8 Å². The van der Waals surface area contributed by atoms with Crippen LogP contribution in [0.2, 0.25) is 0 Å². The number of aromatic nitrogens is 2. The number of nitrogens with zero attached hydrogens (tertiary/aromatic N) is 2. The maximum Gasteiger partial charge on any atom is 0.241 e. The molecule has 0 spiro atoms. The number of nitrogens with one attached hydrogen (secondary N) is 1. The first-order valence-electron chi connectivity index (χ1n) is 3.96. The summed E-state index contributed by atoms with van der Waals surface area (Å²) in [6.07, 6.45) is 0. The summed E-state index contributed by atoms with van der Waals surface area (Å²) in [5, 5.41) is 6.76. The van der Waals surface area contributed by atoms with Crippen molar-refractivity contribution < 1.29 is 4.79 Å². The Morgan fingerprint density at radius 3 is 2.62 bits per heavy atom. The van der Waals surface area contributed by atoms with Crippen LogP contribution in [0.4, 0.5) is 0 Å². The Morgan fingerprint density at radius 1 is 1.62 bits per heavy atom. The van der Waals surface area contributed by atoms with Crippen LogP contribution in [-0.2, 0) is 11.3 Å². The van der Waals surface area contributed by atoms with Crippen LogP contribution in [0.1, 0.15) is 11.4 Å². The van der Waals surface area contributed by atoms with E-state index in [1.807, 2.05) is 13.8 Å². The molecule has 0 bridgehead atoms. The third kappa shape index (κ3) is 2.09. The summed E-state index contributed by atoms with van der Waals surface area (Å²) >= 11 is 3.40. The average molecular weight is 246 g/mol. The molecule has 1 rings (SSSR count). The first-order chi connectivity index (χ1) is 6.06. The summed E-state index contributed by atoms with van der Waals surface area (Å²) in [5.74, 6) is -0.0434. The third-order valence-corrected chi connectivity index (χ3v) is 3.01. The zero-order valence-electron chi connectivity index (χ0n) is 7.89. The summed E-state index contributed by atoms with van der Waals surface area (Å²) in [7, 11) is 1.61. The van der Waals surface area contributed by atoms with Gasteiger partial charge in [-0.1, -0.05) is 0 Å². The molecule has 0 radical (unpaired) electrons. The van der Waals surface area contributed by atoms with Crippen molar-refractivity contribution in [3.05, 3.63) is 15.9 Å². The smallest absolute Gasteiger partial charge is 0.241 e. The zero-order chi connectivity index (χ0) is 10.0. The molecule has 1 heterocycles. The summed E-state index contributed by atoms with van der Waals surface area (Å²) in [5.41, 5.74) is 1.88. The highest BCUT2D eigenvalue weighted by Crippen LogP contribution is 2.19. The van der Waals surface area contributed by atoms with Gasteiger partial charge in [-0.15, -0.1) is 0 Å². The van der Waals surface area contributed by atoms with Gasteiger partial charge in [-0.25, -0.2) is 0 Å². The first-order valence-corrected chi connectivity index (χ1v) is 4.75. The Kier molecular flexibility index (Phi) is 3.08. The van der Waals surface area contributed by atoms with Crippen molar-refractivity contribution in [3.8, 4) is 0 Å². The van der Waals surface area contributed by atoms with E-state index in [4.69, 9.17) is 0 Å². The Labute approximate surface area is 85.4 Å². The van der Waals surface area contributed by atoms with Gasteiger partial charge >= 0.3 is 0 Å². The van der Waals surface area contributed by atoms with Gasteiger partial charge in [-0.2, -0.15) is 5.10 Å². The highest BCUT2D eigenvalue weighted by molar-refractivity contribution is 9.10. The van der Waals surface area contributed by atoms with Crippen LogP contribution < -0.4 is 5.32 Å². The maximum absolute atomic E-state index is 11.1. The maximum atomic E-state index is 11.1. The molecule has 0 atom stereocenters. The monoisotopic (exact) mass is 245 g/mol. The van der Waals surface area contributed by atoms with Gasteiger partial charge in [-0.05, 0) is 29.8 Å². The quantitative estimate of drug-likeness (QED) is 0.846. The second-order valence-electron chi connectivity index (χ2n) is 2.82. The Balaban J connectivity index is 2.90. The van der Waals surface area contributed by atoms with Gasteiger partial charge in [0, 0.05) is 7.05 Å². The Morgan fingerprint density at radius 2 is 2.23 bits per heavy atom. The number of carbonyl (C=O) groups excluding carboxylic acids is 1. The van der Waals surface area contributed by atoms with Crippen molar-refractivity contribution in [1.82, 2.24) is 15.1 Å². The van der Waals surface area contributed by atoms with Gasteiger partial charge in [0.25, 0.3) is 0 Å². The SMILES string of the molecule is CNC(=O)Cn1nc(C)c(Br)c1C. The van der Waals surface area contributed by atoms with Crippen molar-refractivity contribution in [2.45, 2.75) is 20.4 Å². The number of likely N-dealkylation sites (N-methyl/N-ethyl adjacent to an activating group) is 1. The molecule has 0 saturated carbocycles. The van der Waals surface area contributed by atoms with Crippen LogP contribution in [0.25, 0.3) is 0 Å². The van der Waals surface area contributed by atoms with Crippen LogP contribution >= 0.6 is 15.9 Å². The van der Waals surface area contributed by atoms with Crippen LogP contribution in [-0.4, -0.2) is 22.7 Å². The second-order valence-corrected chi connectivity index (χ2v) is 3.61. The average Bonchev–Trinajstić information content (AvgIpc) is 2.34. The molecule has 0 aliphatic heterocycles. The molecule has 1 aromatic heterocycles. The molecule has 0 saturated heterocycles. The van der Waals surface area contributed by atoms with Crippen LogP contribution in [0.15, 0.2) is 4.47 Å². The fourth-order valence-electron chi connectivity index (χ4n) is 1.04. The predicted molar refractivity (Wildman–Crippen MR) is 53.5 cm³/mol. The molecule has 4 nitrogen and oxygen atoms in total. The van der Waals surface area contributed by atoms with E-state index >= 15 is 0 Å². The lowest BCUT2D eigenvalue weighted by Gasteiger charge is -2.02. The van der Waals surface area contributed by atoms with Crippen molar-refractivity contribution in [2.75, 3.05) is 7.05 Å². The molecular weight excluding hydrogens is 234 g/mol. The topological polar surface area (TPSA) is 46.9 Å². The van der Waals surface area contributed by atoms with E-state index in [1.165, 1.54) is 0 Å². The highest BCUT2D eigenvalue weighted by Gasteiger charge is 2.10. The van der Waals surface area contributed by atoms with Crippen LogP contribution in [0.3, 0.4) is 0 Å². The molecule has 0 aliphatic carbocycles. The molecule has 5 heteroatoms. The Hall–Kier alpha value is -0.840. The van der Waals surface area contributed by atoms with Gasteiger partial charge in [0.2, 0.25) is 5.91 Å². The van der Waals surface area contributed by atoms with Gasteiger partial charge in [0.1, 0.15) is 6.54 Å². The molecule has 72 valence electrons. The van der Waals surface area contributed by atoms with Crippen molar-refractivity contribution in [2.24, 2.45) is 0 Å². The summed E-state index contributed by atoms with van der Waals surface area (Å²) in [4.78, 5) is 11.1. The molecule has 1 amide bonds. The Bertz CT molecular complexity index is 332. The number of halogens is 1. The number of aryl methyl sites for hydroxylation is 1. The molecule has 1 aromatic rings. The molecule has 0 aromatic carbocycles. The standard InChI is InChI=1S/C8H12BrN3O/c1-5-8(9)6(2)12(11-5)4-7(13)10-3/h4H2,1-3H3,(H,10,13). The largest absolute Gasteiger partial charge is 0.358 e. The van der Waals surface area contributed by atoms with Crippen LogP contribution in [0.5, 0.6) is 0 Å². The minimum absolute atomic E-state index is 0.0434. The van der Waals surface area contributed by atoms with Gasteiger partial charge < -0.3 is 5.32 Å². The van der Waals surface area contributed by atoms with Crippen molar-refractivity contribution in [3.63, 3.8) is 0 Å². The van der Waals surface area contributed by atoms with Gasteiger partial charge in [0.15, 0.2) is 0 Å². The lowest BCUT2D eigenvalue weighted by atomic mass is 10.4. The van der Waals surface area contributed by atoms with Crippen molar-refractivity contribution >= 4 is 21.8 Å². The lowest BCUT2D eigenvalue weighted by Crippen LogP contribution is -2.24. The molecule has 0 fully saturated rings. The van der Waals surface area contributed by atoms with E-state index in [1.54, 1.807) is 11.7 Å². The zero-order valence-corrected chi connectivity index (χ0v) is 9.47. The number of carbonyl (C=O) groups is 1. The summed E-state index contributed by atoms with van der Waals surface area (Å²) < 4.78 is 2.65. The van der Waals surface area contributed by atoms with E-state index in [9.17, 15) is 4.79 Å². The van der Waals surface area contributed by atoms with E-state index in [0.29, 0.717) is 0 Å². The minimum atomic E-state index is -0.0434. The van der Waals surface area contributed by atoms with E-state index < -0.39 is 0 Å². The fraction of sp³-hybridized carbons (Fsp3) is 0.500. The highest BCUT2D eigenvalue weighted by atomic mass is 79.9. The first kappa shape index (κ1) is 10.2. The number of rotatable bonds is 2. The molecule has 0 aliphatic rings. The van der Waals surface area contributed by atoms with Crippen molar-refractivity contribution in [1.29, 1.82) is 0 Å². The number of amides is 1. The van der Waals surface area contributed by atoms with Gasteiger partial charge in [0.05, 0.1) is 15.9 Å². The van der Waals surface area contributed by atoms with E-state index in [2.05, 4.69) is 26.3 Å². The summed E-state index contributed by atoms with van der Waals surface area (Å²) in [6, 6.07) is 0.